The molecule has 6 nitrogen and oxygen atoms in total. The van der Waals surface area contributed by atoms with E-state index in [4.69, 9.17) is 9.47 Å². The molecular formula is C18H21FN2O4. The standard InChI is InChI=1S/C18H21FN2O4/c1-11-15(17(22)25-9-8-24-2)16(12-4-3-5-13(19)10-12)20-18(23)21(11)14-6-7-14/h3-5,10,14,16H,6-9H2,1-2H3,(H,20,23)/t16-/m0/s1. The summed E-state index contributed by atoms with van der Waals surface area (Å²) < 4.78 is 23.8. The molecule has 2 amide bonds. The minimum atomic E-state index is -0.742. The van der Waals surface area contributed by atoms with Crippen molar-refractivity contribution in [2.45, 2.75) is 31.8 Å². The largest absolute Gasteiger partial charge is 0.460 e. The van der Waals surface area contributed by atoms with Gasteiger partial charge >= 0.3 is 12.0 Å². The predicted octanol–water partition coefficient (Wildman–Crippen LogP) is 2.52. The summed E-state index contributed by atoms with van der Waals surface area (Å²) in [5, 5.41) is 2.81. The summed E-state index contributed by atoms with van der Waals surface area (Å²) in [6, 6.07) is 4.95. The van der Waals surface area contributed by atoms with E-state index in [9.17, 15) is 14.0 Å². The molecule has 25 heavy (non-hydrogen) atoms. The number of benzene rings is 1. The van der Waals surface area contributed by atoms with Crippen LogP contribution in [0, 0.1) is 5.82 Å². The lowest BCUT2D eigenvalue weighted by atomic mass is 9.94. The van der Waals surface area contributed by atoms with Crippen LogP contribution in [-0.4, -0.2) is 43.3 Å². The van der Waals surface area contributed by atoms with Gasteiger partial charge in [0.1, 0.15) is 12.4 Å². The molecule has 134 valence electrons. The zero-order valence-corrected chi connectivity index (χ0v) is 14.3. The molecule has 1 saturated carbocycles. The number of urea groups is 1. The van der Waals surface area contributed by atoms with Gasteiger partial charge in [-0.1, -0.05) is 12.1 Å². The molecule has 0 unspecified atom stereocenters. The monoisotopic (exact) mass is 348 g/mol. The van der Waals surface area contributed by atoms with Crippen LogP contribution in [0.2, 0.25) is 0 Å². The van der Waals surface area contributed by atoms with E-state index in [1.807, 2.05) is 0 Å². The molecule has 1 aromatic carbocycles. The van der Waals surface area contributed by atoms with E-state index >= 15 is 0 Å². The Morgan fingerprint density at radius 3 is 2.76 bits per heavy atom. The highest BCUT2D eigenvalue weighted by Gasteiger charge is 2.42. The van der Waals surface area contributed by atoms with Crippen molar-refractivity contribution in [1.82, 2.24) is 10.2 Å². The van der Waals surface area contributed by atoms with E-state index in [2.05, 4.69) is 5.32 Å². The van der Waals surface area contributed by atoms with Gasteiger partial charge in [0.05, 0.1) is 18.2 Å². The fraction of sp³-hybridized carbons (Fsp3) is 0.444. The Hall–Kier alpha value is -2.41. The molecule has 1 N–H and O–H groups in total. The van der Waals surface area contributed by atoms with Gasteiger partial charge in [0.15, 0.2) is 0 Å². The van der Waals surface area contributed by atoms with E-state index in [1.54, 1.807) is 24.0 Å². The van der Waals surface area contributed by atoms with E-state index in [0.29, 0.717) is 16.8 Å². The first-order chi connectivity index (χ1) is 12.0. The maximum absolute atomic E-state index is 13.6. The lowest BCUT2D eigenvalue weighted by Gasteiger charge is -2.35. The second kappa shape index (κ2) is 7.23. The highest BCUT2D eigenvalue weighted by Crippen LogP contribution is 2.37. The van der Waals surface area contributed by atoms with Gasteiger partial charge in [0.25, 0.3) is 0 Å². The Labute approximate surface area is 145 Å². The number of esters is 1. The highest BCUT2D eigenvalue weighted by molar-refractivity contribution is 5.95. The molecule has 1 fully saturated rings. The van der Waals surface area contributed by atoms with Crippen LogP contribution in [0.5, 0.6) is 0 Å². The first-order valence-corrected chi connectivity index (χ1v) is 8.25. The number of allylic oxidation sites excluding steroid dienone is 1. The quantitative estimate of drug-likeness (QED) is 0.634. The smallest absolute Gasteiger partial charge is 0.338 e. The van der Waals surface area contributed by atoms with Crippen LogP contribution < -0.4 is 5.32 Å². The zero-order chi connectivity index (χ0) is 18.0. The van der Waals surface area contributed by atoms with Gasteiger partial charge in [-0.15, -0.1) is 0 Å². The molecule has 0 saturated heterocycles. The third-order valence-electron chi connectivity index (χ3n) is 4.36. The number of halogens is 1. The van der Waals surface area contributed by atoms with Crippen molar-refractivity contribution >= 4 is 12.0 Å². The summed E-state index contributed by atoms with van der Waals surface area (Å²) in [6.45, 7) is 2.12. The number of nitrogens with zero attached hydrogens (tertiary/aromatic N) is 1. The Morgan fingerprint density at radius 2 is 2.12 bits per heavy atom. The number of methoxy groups -OCH3 is 1. The molecule has 7 heteroatoms. The van der Waals surface area contributed by atoms with E-state index in [-0.39, 0.29) is 25.3 Å². The van der Waals surface area contributed by atoms with Gasteiger partial charge in [-0.25, -0.2) is 14.0 Å². The fourth-order valence-electron chi connectivity index (χ4n) is 3.03. The molecule has 0 spiro atoms. The zero-order valence-electron chi connectivity index (χ0n) is 14.3. The van der Waals surface area contributed by atoms with Gasteiger partial charge in [-0.3, -0.25) is 4.90 Å². The summed E-state index contributed by atoms with van der Waals surface area (Å²) >= 11 is 0. The van der Waals surface area contributed by atoms with Crippen molar-refractivity contribution in [1.29, 1.82) is 0 Å². The number of rotatable bonds is 6. The van der Waals surface area contributed by atoms with Gasteiger partial charge < -0.3 is 14.8 Å². The number of carbonyl (C=O) groups excluding carboxylic acids is 2. The molecule has 1 aliphatic heterocycles. The second-order valence-electron chi connectivity index (χ2n) is 6.17. The van der Waals surface area contributed by atoms with Crippen molar-refractivity contribution in [3.8, 4) is 0 Å². The van der Waals surface area contributed by atoms with Crippen LogP contribution in [0.1, 0.15) is 31.4 Å². The minimum Gasteiger partial charge on any atom is -0.460 e. The number of hydrogen-bond donors (Lipinski definition) is 1. The molecule has 3 rings (SSSR count). The van der Waals surface area contributed by atoms with Crippen LogP contribution in [-0.2, 0) is 14.3 Å². The van der Waals surface area contributed by atoms with E-state index < -0.39 is 17.8 Å². The van der Waals surface area contributed by atoms with Gasteiger partial charge in [0, 0.05) is 18.8 Å². The highest BCUT2D eigenvalue weighted by atomic mass is 19.1. The number of carbonyl (C=O) groups is 2. The van der Waals surface area contributed by atoms with Gasteiger partial charge in [-0.05, 0) is 37.5 Å². The Balaban J connectivity index is 1.97. The third-order valence-corrected chi connectivity index (χ3v) is 4.36. The summed E-state index contributed by atoms with van der Waals surface area (Å²) in [6.07, 6.45) is 1.81. The third kappa shape index (κ3) is 3.66. The van der Waals surface area contributed by atoms with Crippen LogP contribution in [0.3, 0.4) is 0 Å². The lowest BCUT2D eigenvalue weighted by molar-refractivity contribution is -0.140. The van der Waals surface area contributed by atoms with Crippen molar-refractivity contribution in [2.75, 3.05) is 20.3 Å². The minimum absolute atomic E-state index is 0.107. The Morgan fingerprint density at radius 1 is 1.36 bits per heavy atom. The number of amides is 2. The SMILES string of the molecule is COCCOC(=O)C1=C(C)N(C2CC2)C(=O)N[C@H]1c1cccc(F)c1. The van der Waals surface area contributed by atoms with Crippen molar-refractivity contribution in [2.24, 2.45) is 0 Å². The molecule has 2 aliphatic rings. The van der Waals surface area contributed by atoms with Crippen molar-refractivity contribution in [3.05, 3.63) is 46.9 Å². The van der Waals surface area contributed by atoms with Crippen molar-refractivity contribution in [3.63, 3.8) is 0 Å². The summed E-state index contributed by atoms with van der Waals surface area (Å²) in [4.78, 5) is 26.7. The summed E-state index contributed by atoms with van der Waals surface area (Å²) in [5.74, 6) is -0.962. The number of ether oxygens (including phenoxy) is 2. The summed E-state index contributed by atoms with van der Waals surface area (Å²) in [7, 11) is 1.52. The van der Waals surface area contributed by atoms with Gasteiger partial charge in [0.2, 0.25) is 0 Å². The second-order valence-corrected chi connectivity index (χ2v) is 6.17. The number of hydrogen-bond acceptors (Lipinski definition) is 4. The molecule has 0 bridgehead atoms. The maximum atomic E-state index is 13.6. The van der Waals surface area contributed by atoms with Gasteiger partial charge in [-0.2, -0.15) is 0 Å². The maximum Gasteiger partial charge on any atom is 0.338 e. The summed E-state index contributed by atoms with van der Waals surface area (Å²) in [5.41, 5.74) is 1.39. The van der Waals surface area contributed by atoms with Crippen LogP contribution in [0.15, 0.2) is 35.5 Å². The topological polar surface area (TPSA) is 67.9 Å². The normalized spacial score (nSPS) is 20.5. The first-order valence-electron chi connectivity index (χ1n) is 8.25. The Bertz CT molecular complexity index is 715. The van der Waals surface area contributed by atoms with E-state index in [1.165, 1.54) is 19.2 Å². The van der Waals surface area contributed by atoms with Crippen LogP contribution in [0.25, 0.3) is 0 Å². The Kier molecular flexibility index (Phi) is 5.03. The van der Waals surface area contributed by atoms with Crippen molar-refractivity contribution < 1.29 is 23.5 Å². The fourth-order valence-corrected chi connectivity index (χ4v) is 3.03. The van der Waals surface area contributed by atoms with E-state index in [0.717, 1.165) is 12.8 Å². The first kappa shape index (κ1) is 17.4. The molecular weight excluding hydrogens is 327 g/mol. The molecule has 1 aliphatic carbocycles. The molecule has 0 radical (unpaired) electrons. The molecule has 1 heterocycles. The molecule has 1 aromatic rings. The average Bonchev–Trinajstić information content (AvgIpc) is 3.39. The van der Waals surface area contributed by atoms with Crippen LogP contribution >= 0.6 is 0 Å². The van der Waals surface area contributed by atoms with Crippen LogP contribution in [0.4, 0.5) is 9.18 Å². The lowest BCUT2D eigenvalue weighted by Crippen LogP contribution is -2.49. The average molecular weight is 348 g/mol. The predicted molar refractivity (Wildman–Crippen MR) is 88.1 cm³/mol. The number of nitrogens with one attached hydrogen (secondary N) is 1. The molecule has 0 aromatic heterocycles. The molecule has 1 atom stereocenters.